The number of amides is 1. The molecule has 0 spiro atoms. The normalized spacial score (nSPS) is 12.8. The van der Waals surface area contributed by atoms with Gasteiger partial charge in [0.1, 0.15) is 5.75 Å². The molecule has 0 aromatic heterocycles. The first-order chi connectivity index (χ1) is 11.2. The van der Waals surface area contributed by atoms with Gasteiger partial charge in [-0.3, -0.25) is 4.79 Å². The Labute approximate surface area is 135 Å². The number of nitrogens with zero attached hydrogens (tertiary/aromatic N) is 1. The van der Waals surface area contributed by atoms with Crippen LogP contribution in [0.4, 0.5) is 5.69 Å². The number of aryl methyl sites for hydroxylation is 2. The Morgan fingerprint density at radius 1 is 1.09 bits per heavy atom. The van der Waals surface area contributed by atoms with E-state index in [0.29, 0.717) is 11.3 Å². The van der Waals surface area contributed by atoms with Crippen molar-refractivity contribution in [3.05, 3.63) is 59.2 Å². The third-order valence-corrected chi connectivity index (χ3v) is 3.99. The zero-order chi connectivity index (χ0) is 16.1. The lowest BCUT2D eigenvalue weighted by atomic mass is 9.92. The van der Waals surface area contributed by atoms with E-state index in [0.717, 1.165) is 18.6 Å². The quantitative estimate of drug-likeness (QED) is 0.941. The van der Waals surface area contributed by atoms with E-state index in [-0.39, 0.29) is 12.5 Å². The molecular formula is C19H18N2O2. The molecule has 0 saturated heterocycles. The third kappa shape index (κ3) is 3.89. The van der Waals surface area contributed by atoms with Crippen LogP contribution in [0.1, 0.15) is 29.5 Å². The van der Waals surface area contributed by atoms with Crippen molar-refractivity contribution in [1.29, 1.82) is 5.26 Å². The zero-order valence-corrected chi connectivity index (χ0v) is 12.8. The van der Waals surface area contributed by atoms with E-state index in [4.69, 9.17) is 10.00 Å². The Morgan fingerprint density at radius 2 is 1.83 bits per heavy atom. The van der Waals surface area contributed by atoms with Crippen molar-refractivity contribution in [2.75, 3.05) is 11.9 Å². The molecule has 0 fully saturated rings. The molecule has 2 aromatic carbocycles. The molecule has 4 nitrogen and oxygen atoms in total. The van der Waals surface area contributed by atoms with Gasteiger partial charge in [0.05, 0.1) is 11.6 Å². The van der Waals surface area contributed by atoms with Gasteiger partial charge in [0.25, 0.3) is 5.91 Å². The smallest absolute Gasteiger partial charge is 0.262 e. The molecule has 23 heavy (non-hydrogen) atoms. The number of rotatable bonds is 4. The molecule has 0 aliphatic heterocycles. The summed E-state index contributed by atoms with van der Waals surface area (Å²) in [5.74, 6) is 0.521. The number of carbonyl (C=O) groups is 1. The maximum absolute atomic E-state index is 11.9. The van der Waals surface area contributed by atoms with Crippen molar-refractivity contribution in [3.63, 3.8) is 0 Å². The van der Waals surface area contributed by atoms with Gasteiger partial charge in [-0.1, -0.05) is 6.07 Å². The van der Waals surface area contributed by atoms with Crippen molar-refractivity contribution in [2.24, 2.45) is 0 Å². The standard InChI is InChI=1S/C19H18N2O2/c20-12-14-5-8-17(9-6-14)21-19(22)13-23-18-10-7-15-3-1-2-4-16(15)11-18/h5-11H,1-4,13H2,(H,21,22). The average molecular weight is 306 g/mol. The highest BCUT2D eigenvalue weighted by molar-refractivity contribution is 5.91. The van der Waals surface area contributed by atoms with Crippen molar-refractivity contribution >= 4 is 11.6 Å². The average Bonchev–Trinajstić information content (AvgIpc) is 2.60. The van der Waals surface area contributed by atoms with Crippen LogP contribution < -0.4 is 10.1 Å². The van der Waals surface area contributed by atoms with Crippen molar-refractivity contribution < 1.29 is 9.53 Å². The van der Waals surface area contributed by atoms with Crippen molar-refractivity contribution in [1.82, 2.24) is 0 Å². The van der Waals surface area contributed by atoms with Crippen LogP contribution in [0.2, 0.25) is 0 Å². The first-order valence-electron chi connectivity index (χ1n) is 7.79. The van der Waals surface area contributed by atoms with Gasteiger partial charge < -0.3 is 10.1 Å². The summed E-state index contributed by atoms with van der Waals surface area (Å²) in [7, 11) is 0. The third-order valence-electron chi connectivity index (χ3n) is 3.99. The van der Waals surface area contributed by atoms with Crippen LogP contribution in [0.25, 0.3) is 0 Å². The van der Waals surface area contributed by atoms with Crippen molar-refractivity contribution in [3.8, 4) is 11.8 Å². The minimum Gasteiger partial charge on any atom is -0.484 e. The molecule has 0 heterocycles. The predicted molar refractivity (Wildman–Crippen MR) is 88.4 cm³/mol. The lowest BCUT2D eigenvalue weighted by Crippen LogP contribution is -2.20. The van der Waals surface area contributed by atoms with E-state index in [1.807, 2.05) is 18.2 Å². The largest absolute Gasteiger partial charge is 0.484 e. The number of nitriles is 1. The fourth-order valence-corrected chi connectivity index (χ4v) is 2.77. The van der Waals surface area contributed by atoms with Crippen LogP contribution >= 0.6 is 0 Å². The zero-order valence-electron chi connectivity index (χ0n) is 12.8. The van der Waals surface area contributed by atoms with Crippen molar-refractivity contribution in [2.45, 2.75) is 25.7 Å². The molecule has 0 radical (unpaired) electrons. The summed E-state index contributed by atoms with van der Waals surface area (Å²) in [4.78, 5) is 11.9. The van der Waals surface area contributed by atoms with Gasteiger partial charge >= 0.3 is 0 Å². The Morgan fingerprint density at radius 3 is 2.57 bits per heavy atom. The maximum atomic E-state index is 11.9. The second kappa shape index (κ2) is 6.97. The van der Waals surface area contributed by atoms with Crippen LogP contribution in [0.3, 0.4) is 0 Å². The molecule has 0 atom stereocenters. The number of benzene rings is 2. The molecule has 0 saturated carbocycles. The molecular weight excluding hydrogens is 288 g/mol. The Balaban J connectivity index is 1.55. The van der Waals surface area contributed by atoms with Gasteiger partial charge in [0.15, 0.2) is 6.61 Å². The maximum Gasteiger partial charge on any atom is 0.262 e. The highest BCUT2D eigenvalue weighted by Crippen LogP contribution is 2.25. The molecule has 1 amide bonds. The number of anilines is 1. The second-order valence-electron chi connectivity index (χ2n) is 5.66. The van der Waals surface area contributed by atoms with E-state index in [2.05, 4.69) is 11.4 Å². The number of hydrogen-bond donors (Lipinski definition) is 1. The molecule has 0 unspecified atom stereocenters. The highest BCUT2D eigenvalue weighted by atomic mass is 16.5. The lowest BCUT2D eigenvalue weighted by Gasteiger charge is -2.16. The molecule has 1 aliphatic carbocycles. The van der Waals surface area contributed by atoms with Crippen LogP contribution in [0, 0.1) is 11.3 Å². The molecule has 116 valence electrons. The van der Waals surface area contributed by atoms with Gasteiger partial charge in [0, 0.05) is 5.69 Å². The Bertz CT molecular complexity index is 745. The van der Waals surface area contributed by atoms with Crippen LogP contribution in [-0.2, 0) is 17.6 Å². The number of ether oxygens (including phenoxy) is 1. The summed E-state index contributed by atoms with van der Waals surface area (Å²) < 4.78 is 5.59. The summed E-state index contributed by atoms with van der Waals surface area (Å²) in [6.45, 7) is -0.0290. The molecule has 1 N–H and O–H groups in total. The van der Waals surface area contributed by atoms with Crippen LogP contribution in [0.15, 0.2) is 42.5 Å². The monoisotopic (exact) mass is 306 g/mol. The highest BCUT2D eigenvalue weighted by Gasteiger charge is 2.10. The van der Waals surface area contributed by atoms with Gasteiger partial charge in [-0.15, -0.1) is 0 Å². The molecule has 1 aliphatic rings. The van der Waals surface area contributed by atoms with Crippen LogP contribution in [-0.4, -0.2) is 12.5 Å². The number of nitrogens with one attached hydrogen (secondary N) is 1. The van der Waals surface area contributed by atoms with E-state index < -0.39 is 0 Å². The first-order valence-corrected chi connectivity index (χ1v) is 7.79. The fraction of sp³-hybridized carbons (Fsp3) is 0.263. The second-order valence-corrected chi connectivity index (χ2v) is 5.66. The Kier molecular flexibility index (Phi) is 4.58. The molecule has 4 heteroatoms. The minimum absolute atomic E-state index is 0.0290. The van der Waals surface area contributed by atoms with E-state index in [1.54, 1.807) is 24.3 Å². The lowest BCUT2D eigenvalue weighted by molar-refractivity contribution is -0.118. The summed E-state index contributed by atoms with van der Waals surface area (Å²) in [6.07, 6.45) is 4.69. The van der Waals surface area contributed by atoms with Gasteiger partial charge in [-0.2, -0.15) is 5.26 Å². The first kappa shape index (κ1) is 15.1. The predicted octanol–water partition coefficient (Wildman–Crippen LogP) is 3.45. The molecule has 2 aromatic rings. The topological polar surface area (TPSA) is 62.1 Å². The number of hydrogen-bond acceptors (Lipinski definition) is 3. The van der Waals surface area contributed by atoms with E-state index in [1.165, 1.54) is 24.0 Å². The van der Waals surface area contributed by atoms with E-state index in [9.17, 15) is 4.79 Å². The summed E-state index contributed by atoms with van der Waals surface area (Å²) in [5.41, 5.74) is 3.95. The summed E-state index contributed by atoms with van der Waals surface area (Å²) in [6, 6.07) is 14.9. The fourth-order valence-electron chi connectivity index (χ4n) is 2.77. The summed E-state index contributed by atoms with van der Waals surface area (Å²) >= 11 is 0. The molecule has 3 rings (SSSR count). The molecule has 0 bridgehead atoms. The van der Waals surface area contributed by atoms with Gasteiger partial charge in [-0.05, 0) is 73.2 Å². The number of carbonyl (C=O) groups excluding carboxylic acids is 1. The summed E-state index contributed by atoms with van der Waals surface area (Å²) in [5, 5.41) is 11.5. The van der Waals surface area contributed by atoms with Gasteiger partial charge in [0.2, 0.25) is 0 Å². The minimum atomic E-state index is -0.215. The SMILES string of the molecule is N#Cc1ccc(NC(=O)COc2ccc3c(c2)CCCC3)cc1. The van der Waals surface area contributed by atoms with Crippen LogP contribution in [0.5, 0.6) is 5.75 Å². The number of fused-ring (bicyclic) bond motifs is 1. The van der Waals surface area contributed by atoms with Gasteiger partial charge in [-0.25, -0.2) is 0 Å². The Hall–Kier alpha value is -2.80. The van der Waals surface area contributed by atoms with E-state index >= 15 is 0 Å².